The molecular formula is C18H19NO3. The average molecular weight is 297 g/mol. The number of nitrogens with one attached hydrogen (secondary N) is 1. The van der Waals surface area contributed by atoms with Crippen LogP contribution in [0.4, 0.5) is 5.69 Å². The molecule has 4 heteroatoms. The molecule has 0 radical (unpaired) electrons. The van der Waals surface area contributed by atoms with Crippen LogP contribution in [0.5, 0.6) is 0 Å². The summed E-state index contributed by atoms with van der Waals surface area (Å²) < 4.78 is 5.23. The second-order valence-corrected chi connectivity index (χ2v) is 6.77. The molecule has 0 saturated heterocycles. The Balaban J connectivity index is 1.57. The van der Waals surface area contributed by atoms with Gasteiger partial charge in [0.15, 0.2) is 0 Å². The maximum Gasteiger partial charge on any atom is 0.336 e. The van der Waals surface area contributed by atoms with E-state index in [1.807, 2.05) is 19.1 Å². The first-order chi connectivity index (χ1) is 10.6. The fourth-order valence-corrected chi connectivity index (χ4v) is 3.98. The van der Waals surface area contributed by atoms with Crippen LogP contribution in [0.3, 0.4) is 0 Å². The fourth-order valence-electron chi connectivity index (χ4n) is 3.98. The zero-order valence-corrected chi connectivity index (χ0v) is 12.6. The summed E-state index contributed by atoms with van der Waals surface area (Å²) in [7, 11) is 0. The molecule has 1 N–H and O–H groups in total. The van der Waals surface area contributed by atoms with Gasteiger partial charge in [0.25, 0.3) is 0 Å². The highest BCUT2D eigenvalue weighted by molar-refractivity contribution is 5.97. The third kappa shape index (κ3) is 2.14. The van der Waals surface area contributed by atoms with E-state index in [1.165, 1.54) is 31.7 Å². The van der Waals surface area contributed by atoms with Crippen molar-refractivity contribution < 1.29 is 9.21 Å². The van der Waals surface area contributed by atoms with Crippen molar-refractivity contribution in [1.82, 2.24) is 0 Å². The van der Waals surface area contributed by atoms with E-state index < -0.39 is 0 Å². The van der Waals surface area contributed by atoms with Gasteiger partial charge in [-0.15, -0.1) is 0 Å². The van der Waals surface area contributed by atoms with Gasteiger partial charge in [0.2, 0.25) is 5.91 Å². The number of hydrogen-bond acceptors (Lipinski definition) is 3. The lowest BCUT2D eigenvalue weighted by atomic mass is 10.0. The monoisotopic (exact) mass is 297 g/mol. The van der Waals surface area contributed by atoms with Gasteiger partial charge in [0, 0.05) is 29.1 Å². The largest absolute Gasteiger partial charge is 0.423 e. The predicted octanol–water partition coefficient (Wildman–Crippen LogP) is 3.62. The third-order valence-electron chi connectivity index (χ3n) is 5.32. The molecule has 2 fully saturated rings. The fraction of sp³-hybridized carbons (Fsp3) is 0.444. The Bertz CT molecular complexity index is 815. The van der Waals surface area contributed by atoms with Crippen molar-refractivity contribution in [2.75, 3.05) is 5.32 Å². The van der Waals surface area contributed by atoms with Crippen LogP contribution in [0.15, 0.2) is 33.5 Å². The smallest absolute Gasteiger partial charge is 0.336 e. The van der Waals surface area contributed by atoms with E-state index in [4.69, 9.17) is 4.42 Å². The van der Waals surface area contributed by atoms with Crippen LogP contribution >= 0.6 is 0 Å². The van der Waals surface area contributed by atoms with Gasteiger partial charge in [-0.05, 0) is 49.3 Å². The van der Waals surface area contributed by atoms with E-state index in [-0.39, 0.29) is 17.5 Å². The molecule has 0 aliphatic heterocycles. The Morgan fingerprint density at radius 2 is 2.05 bits per heavy atom. The minimum atomic E-state index is -0.361. The van der Waals surface area contributed by atoms with Gasteiger partial charge in [-0.25, -0.2) is 4.79 Å². The molecule has 2 aromatic rings. The molecule has 1 aromatic carbocycles. The molecule has 4 rings (SSSR count). The van der Waals surface area contributed by atoms with Crippen LogP contribution in [-0.4, -0.2) is 5.91 Å². The van der Waals surface area contributed by atoms with Crippen LogP contribution in [0.25, 0.3) is 11.0 Å². The molecule has 2 saturated carbocycles. The molecule has 1 atom stereocenters. The van der Waals surface area contributed by atoms with Gasteiger partial charge in [-0.3, -0.25) is 4.79 Å². The van der Waals surface area contributed by atoms with Gasteiger partial charge in [-0.2, -0.15) is 0 Å². The van der Waals surface area contributed by atoms with Gasteiger partial charge in [-0.1, -0.05) is 12.8 Å². The van der Waals surface area contributed by atoms with Crippen LogP contribution in [0.1, 0.15) is 37.7 Å². The summed E-state index contributed by atoms with van der Waals surface area (Å²) in [5.74, 6) is 0.270. The van der Waals surface area contributed by atoms with E-state index >= 15 is 0 Å². The molecule has 1 unspecified atom stereocenters. The molecule has 2 aliphatic rings. The minimum absolute atomic E-state index is 0.108. The molecule has 1 spiro atoms. The highest BCUT2D eigenvalue weighted by Crippen LogP contribution is 2.63. The lowest BCUT2D eigenvalue weighted by Crippen LogP contribution is -2.17. The quantitative estimate of drug-likeness (QED) is 0.861. The topological polar surface area (TPSA) is 59.3 Å². The molecule has 4 nitrogen and oxygen atoms in total. The number of aryl methyl sites for hydroxylation is 1. The highest BCUT2D eigenvalue weighted by Gasteiger charge is 2.58. The van der Waals surface area contributed by atoms with E-state index in [1.54, 1.807) is 6.07 Å². The lowest BCUT2D eigenvalue weighted by molar-refractivity contribution is -0.118. The first-order valence-electron chi connectivity index (χ1n) is 7.93. The van der Waals surface area contributed by atoms with Crippen LogP contribution in [0, 0.1) is 18.3 Å². The second kappa shape index (κ2) is 4.70. The zero-order chi connectivity index (χ0) is 15.3. The summed E-state index contributed by atoms with van der Waals surface area (Å²) in [6.45, 7) is 1.88. The van der Waals surface area contributed by atoms with Gasteiger partial charge >= 0.3 is 5.63 Å². The summed E-state index contributed by atoms with van der Waals surface area (Å²) in [6, 6.07) is 6.98. The van der Waals surface area contributed by atoms with Gasteiger partial charge in [0.1, 0.15) is 5.58 Å². The maximum atomic E-state index is 12.4. The number of fused-ring (bicyclic) bond motifs is 1. The first-order valence-corrected chi connectivity index (χ1v) is 7.93. The summed E-state index contributed by atoms with van der Waals surface area (Å²) in [6.07, 6.45) is 5.92. The predicted molar refractivity (Wildman–Crippen MR) is 84.9 cm³/mol. The van der Waals surface area contributed by atoms with E-state index in [0.717, 1.165) is 17.4 Å². The van der Waals surface area contributed by atoms with Gasteiger partial charge < -0.3 is 9.73 Å². The Kier molecular flexibility index (Phi) is 2.90. The highest BCUT2D eigenvalue weighted by atomic mass is 16.4. The molecule has 1 amide bonds. The van der Waals surface area contributed by atoms with Crippen molar-refractivity contribution in [2.24, 2.45) is 11.3 Å². The standard InChI is InChI=1S/C18H19NO3/c1-11-8-16(20)22-15-9-12(4-5-13(11)15)19-17(21)14-10-18(14)6-2-3-7-18/h4-5,8-9,14H,2-3,6-7,10H2,1H3,(H,19,21). The molecule has 22 heavy (non-hydrogen) atoms. The van der Waals surface area contributed by atoms with Crippen molar-refractivity contribution in [3.63, 3.8) is 0 Å². The van der Waals surface area contributed by atoms with Crippen molar-refractivity contribution in [3.05, 3.63) is 40.2 Å². The number of amides is 1. The maximum absolute atomic E-state index is 12.4. The third-order valence-corrected chi connectivity index (χ3v) is 5.32. The van der Waals surface area contributed by atoms with Crippen molar-refractivity contribution >= 4 is 22.6 Å². The van der Waals surface area contributed by atoms with Crippen molar-refractivity contribution in [2.45, 2.75) is 39.0 Å². The minimum Gasteiger partial charge on any atom is -0.423 e. The molecule has 2 aliphatic carbocycles. The van der Waals surface area contributed by atoms with Crippen LogP contribution in [0.2, 0.25) is 0 Å². The lowest BCUT2D eigenvalue weighted by Gasteiger charge is -2.10. The Morgan fingerprint density at radius 3 is 2.82 bits per heavy atom. The Hall–Kier alpha value is -2.10. The zero-order valence-electron chi connectivity index (χ0n) is 12.6. The molecule has 1 heterocycles. The molecule has 0 bridgehead atoms. The number of carbonyl (C=O) groups is 1. The summed E-state index contributed by atoms with van der Waals surface area (Å²) in [5.41, 5.74) is 2.04. The first kappa shape index (κ1) is 13.6. The van der Waals surface area contributed by atoms with Crippen LogP contribution < -0.4 is 10.9 Å². The van der Waals surface area contributed by atoms with E-state index in [9.17, 15) is 9.59 Å². The second-order valence-electron chi connectivity index (χ2n) is 6.77. The summed E-state index contributed by atoms with van der Waals surface area (Å²) >= 11 is 0. The Morgan fingerprint density at radius 1 is 1.27 bits per heavy atom. The van der Waals surface area contributed by atoms with Crippen molar-refractivity contribution in [1.29, 1.82) is 0 Å². The number of rotatable bonds is 2. The van der Waals surface area contributed by atoms with E-state index in [0.29, 0.717) is 16.7 Å². The number of carbonyl (C=O) groups excluding carboxylic acids is 1. The molecular weight excluding hydrogens is 278 g/mol. The molecule has 114 valence electrons. The average Bonchev–Trinajstić information content (AvgIpc) is 2.96. The SMILES string of the molecule is Cc1cc(=O)oc2cc(NC(=O)C3CC34CCCC4)ccc12. The Labute approximate surface area is 128 Å². The number of benzene rings is 1. The van der Waals surface area contributed by atoms with Gasteiger partial charge in [0.05, 0.1) is 0 Å². The normalized spacial score (nSPS) is 22.1. The van der Waals surface area contributed by atoms with E-state index in [2.05, 4.69) is 5.32 Å². The summed E-state index contributed by atoms with van der Waals surface area (Å²) in [4.78, 5) is 23.9. The summed E-state index contributed by atoms with van der Waals surface area (Å²) in [5, 5.41) is 3.88. The number of hydrogen-bond donors (Lipinski definition) is 1. The molecule has 1 aromatic heterocycles. The van der Waals surface area contributed by atoms with Crippen LogP contribution in [-0.2, 0) is 4.79 Å². The number of anilines is 1. The van der Waals surface area contributed by atoms with Crippen molar-refractivity contribution in [3.8, 4) is 0 Å².